The van der Waals surface area contributed by atoms with Crippen molar-refractivity contribution in [2.75, 3.05) is 0 Å². The van der Waals surface area contributed by atoms with Crippen molar-refractivity contribution >= 4 is 5.69 Å². The van der Waals surface area contributed by atoms with Crippen LogP contribution in [0, 0.1) is 21.4 Å². The van der Waals surface area contributed by atoms with E-state index in [9.17, 15) is 15.4 Å². The first-order valence-corrected chi connectivity index (χ1v) is 7.64. The van der Waals surface area contributed by atoms with E-state index in [1.54, 1.807) is 12.1 Å². The highest BCUT2D eigenvalue weighted by molar-refractivity contribution is 5.57. The molecular formula is C17H17N5O3. The summed E-state index contributed by atoms with van der Waals surface area (Å²) >= 11 is 0. The average Bonchev–Trinajstić information content (AvgIpc) is 2.97. The van der Waals surface area contributed by atoms with Crippen molar-refractivity contribution in [1.82, 2.24) is 10.2 Å². The van der Waals surface area contributed by atoms with Gasteiger partial charge in [0, 0.05) is 23.2 Å². The fraction of sp³-hybridized carbons (Fsp3) is 0.294. The van der Waals surface area contributed by atoms with Gasteiger partial charge in [-0.2, -0.15) is 5.26 Å². The zero-order valence-corrected chi connectivity index (χ0v) is 14.0. The number of H-pyrrole nitrogens is 1. The van der Waals surface area contributed by atoms with Gasteiger partial charge in [0.1, 0.15) is 11.6 Å². The highest BCUT2D eigenvalue weighted by atomic mass is 16.6. The minimum absolute atomic E-state index is 0.0431. The van der Waals surface area contributed by atoms with Crippen LogP contribution in [0.1, 0.15) is 43.5 Å². The molecule has 3 N–H and O–H groups in total. The average molecular weight is 339 g/mol. The van der Waals surface area contributed by atoms with Gasteiger partial charge in [-0.05, 0) is 5.56 Å². The molecule has 0 radical (unpaired) electrons. The maximum absolute atomic E-state index is 11.1. The van der Waals surface area contributed by atoms with E-state index >= 15 is 0 Å². The molecule has 0 spiro atoms. The number of aromatic amines is 1. The SMILES string of the molecule is CC(C)(C)c1[nH]nc2c1[C@H](c1cccc([N+](=O)[O-])c1)C(C#N)=C(N)O2. The molecule has 1 aliphatic heterocycles. The van der Waals surface area contributed by atoms with Gasteiger partial charge in [-0.25, -0.2) is 0 Å². The Hall–Kier alpha value is -3.34. The third-order valence-electron chi connectivity index (χ3n) is 4.10. The van der Waals surface area contributed by atoms with Crippen LogP contribution in [-0.2, 0) is 5.41 Å². The lowest BCUT2D eigenvalue weighted by molar-refractivity contribution is -0.384. The molecule has 1 atom stereocenters. The van der Waals surface area contributed by atoms with E-state index in [1.807, 2.05) is 20.8 Å². The topological polar surface area (TPSA) is 131 Å². The number of non-ortho nitro benzene ring substituents is 1. The number of nitro groups is 1. The second-order valence-corrected chi connectivity index (χ2v) is 6.84. The second kappa shape index (κ2) is 5.63. The number of nitrogens with two attached hydrogens (primary N) is 1. The molecule has 0 saturated heterocycles. The fourth-order valence-electron chi connectivity index (χ4n) is 2.97. The summed E-state index contributed by atoms with van der Waals surface area (Å²) in [6, 6.07) is 8.25. The first-order valence-electron chi connectivity index (χ1n) is 7.64. The summed E-state index contributed by atoms with van der Waals surface area (Å²) in [6.07, 6.45) is 0. The molecule has 2 heterocycles. The van der Waals surface area contributed by atoms with Gasteiger partial charge in [-0.15, -0.1) is 5.10 Å². The molecule has 0 fully saturated rings. The Bertz CT molecular complexity index is 930. The predicted octanol–water partition coefficient (Wildman–Crippen LogP) is 2.83. The van der Waals surface area contributed by atoms with Crippen molar-refractivity contribution in [3.8, 4) is 11.9 Å². The van der Waals surface area contributed by atoms with Crippen LogP contribution in [0.15, 0.2) is 35.7 Å². The summed E-state index contributed by atoms with van der Waals surface area (Å²) in [5, 5.41) is 27.9. The molecule has 0 amide bonds. The largest absolute Gasteiger partial charge is 0.420 e. The molecule has 0 saturated carbocycles. The Kier molecular flexibility index (Phi) is 3.72. The smallest absolute Gasteiger partial charge is 0.269 e. The molecule has 0 aliphatic carbocycles. The van der Waals surface area contributed by atoms with E-state index < -0.39 is 10.8 Å². The van der Waals surface area contributed by atoms with Crippen LogP contribution >= 0.6 is 0 Å². The fourth-order valence-corrected chi connectivity index (χ4v) is 2.97. The van der Waals surface area contributed by atoms with Crippen LogP contribution in [0.5, 0.6) is 5.88 Å². The summed E-state index contributed by atoms with van der Waals surface area (Å²) in [4.78, 5) is 10.7. The molecule has 2 aromatic rings. The normalized spacial score (nSPS) is 16.8. The van der Waals surface area contributed by atoms with E-state index in [2.05, 4.69) is 16.3 Å². The summed E-state index contributed by atoms with van der Waals surface area (Å²) in [5.74, 6) is -0.335. The molecule has 0 unspecified atom stereocenters. The lowest BCUT2D eigenvalue weighted by Crippen LogP contribution is -2.23. The number of fused-ring (bicyclic) bond motifs is 1. The number of benzene rings is 1. The Labute approximate surface area is 144 Å². The van der Waals surface area contributed by atoms with Gasteiger partial charge in [0.15, 0.2) is 0 Å². The lowest BCUT2D eigenvalue weighted by Gasteiger charge is -2.27. The molecule has 1 aliphatic rings. The van der Waals surface area contributed by atoms with Gasteiger partial charge >= 0.3 is 0 Å². The van der Waals surface area contributed by atoms with Gasteiger partial charge in [-0.1, -0.05) is 32.9 Å². The molecule has 3 rings (SSSR count). The monoisotopic (exact) mass is 339 g/mol. The standard InChI is InChI=1S/C17H17N5O3/c1-17(2,3)14-13-12(9-5-4-6-10(7-9)22(23)24)11(8-18)15(19)25-16(13)21-20-14/h4-7,12H,19H2,1-3H3,(H,20,21)/t12-/m1/s1. The molecule has 8 heteroatoms. The number of nitriles is 1. The summed E-state index contributed by atoms with van der Waals surface area (Å²) in [5.41, 5.74) is 7.81. The van der Waals surface area contributed by atoms with Gasteiger partial charge in [0.25, 0.3) is 5.69 Å². The van der Waals surface area contributed by atoms with Crippen molar-refractivity contribution in [2.45, 2.75) is 32.1 Å². The summed E-state index contributed by atoms with van der Waals surface area (Å²) in [6.45, 7) is 6.00. The zero-order chi connectivity index (χ0) is 18.4. The Balaban J connectivity index is 2.28. The number of nitro benzene ring substituents is 1. The molecule has 1 aromatic heterocycles. The van der Waals surface area contributed by atoms with Crippen molar-refractivity contribution < 1.29 is 9.66 Å². The highest BCUT2D eigenvalue weighted by Crippen LogP contribution is 2.45. The van der Waals surface area contributed by atoms with Crippen molar-refractivity contribution in [2.24, 2.45) is 5.73 Å². The van der Waals surface area contributed by atoms with E-state index in [4.69, 9.17) is 10.5 Å². The zero-order valence-electron chi connectivity index (χ0n) is 14.0. The van der Waals surface area contributed by atoms with Gasteiger partial charge < -0.3 is 10.5 Å². The number of hydrogen-bond acceptors (Lipinski definition) is 6. The third-order valence-corrected chi connectivity index (χ3v) is 4.10. The first-order chi connectivity index (χ1) is 11.7. The van der Waals surface area contributed by atoms with Crippen LogP contribution < -0.4 is 10.5 Å². The van der Waals surface area contributed by atoms with Crippen LogP contribution in [0.4, 0.5) is 5.69 Å². The van der Waals surface area contributed by atoms with Crippen LogP contribution in [0.25, 0.3) is 0 Å². The maximum atomic E-state index is 11.1. The molecule has 0 bridgehead atoms. The summed E-state index contributed by atoms with van der Waals surface area (Å²) in [7, 11) is 0. The van der Waals surface area contributed by atoms with Crippen LogP contribution in [0.2, 0.25) is 0 Å². The minimum atomic E-state index is -0.582. The molecule has 25 heavy (non-hydrogen) atoms. The molecule has 1 aromatic carbocycles. The number of ether oxygens (including phenoxy) is 1. The quantitative estimate of drug-likeness (QED) is 0.639. The first kappa shape index (κ1) is 16.5. The van der Waals surface area contributed by atoms with Gasteiger partial charge in [0.2, 0.25) is 11.8 Å². The van der Waals surface area contributed by atoms with E-state index in [1.165, 1.54) is 12.1 Å². The number of aromatic nitrogens is 2. The summed E-state index contributed by atoms with van der Waals surface area (Å²) < 4.78 is 5.50. The van der Waals surface area contributed by atoms with Crippen molar-refractivity contribution in [3.05, 3.63) is 62.7 Å². The number of nitrogens with one attached hydrogen (secondary N) is 1. The molecule has 8 nitrogen and oxygen atoms in total. The third kappa shape index (κ3) is 2.70. The number of hydrogen-bond donors (Lipinski definition) is 2. The Morgan fingerprint density at radius 1 is 1.44 bits per heavy atom. The van der Waals surface area contributed by atoms with Crippen molar-refractivity contribution in [3.63, 3.8) is 0 Å². The van der Waals surface area contributed by atoms with Gasteiger partial charge in [0.05, 0.1) is 16.4 Å². The lowest BCUT2D eigenvalue weighted by atomic mass is 9.79. The Morgan fingerprint density at radius 3 is 2.76 bits per heavy atom. The van der Waals surface area contributed by atoms with E-state index in [0.717, 1.165) is 5.69 Å². The highest BCUT2D eigenvalue weighted by Gasteiger charge is 2.38. The minimum Gasteiger partial charge on any atom is -0.420 e. The van der Waals surface area contributed by atoms with E-state index in [0.29, 0.717) is 11.1 Å². The Morgan fingerprint density at radius 2 is 2.16 bits per heavy atom. The second-order valence-electron chi connectivity index (χ2n) is 6.84. The van der Waals surface area contributed by atoms with Crippen molar-refractivity contribution in [1.29, 1.82) is 5.26 Å². The molecule has 128 valence electrons. The molecular weight excluding hydrogens is 322 g/mol. The predicted molar refractivity (Wildman–Crippen MR) is 89.7 cm³/mol. The van der Waals surface area contributed by atoms with Gasteiger partial charge in [-0.3, -0.25) is 15.2 Å². The maximum Gasteiger partial charge on any atom is 0.269 e. The van der Waals surface area contributed by atoms with Crippen LogP contribution in [-0.4, -0.2) is 15.1 Å². The number of rotatable bonds is 2. The van der Waals surface area contributed by atoms with E-state index in [-0.39, 0.29) is 28.4 Å². The number of nitrogens with zero attached hydrogens (tertiary/aromatic N) is 3. The number of allylic oxidation sites excluding steroid dienone is 1. The van der Waals surface area contributed by atoms with Crippen LogP contribution in [0.3, 0.4) is 0 Å².